The second kappa shape index (κ2) is 6.93. The summed E-state index contributed by atoms with van der Waals surface area (Å²) in [5, 5.41) is 4.48. The minimum absolute atomic E-state index is 0.192. The van der Waals surface area contributed by atoms with Crippen LogP contribution >= 0.6 is 0 Å². The molecule has 1 rings (SSSR count). The van der Waals surface area contributed by atoms with Gasteiger partial charge in [-0.25, -0.2) is 4.98 Å². The van der Waals surface area contributed by atoms with Gasteiger partial charge in [-0.05, 0) is 5.56 Å². The highest BCUT2D eigenvalue weighted by Crippen LogP contribution is 2.11. The topological polar surface area (TPSA) is 63.2 Å². The Labute approximate surface area is 108 Å². The average molecular weight is 277 g/mol. The molecule has 0 spiro atoms. The molecule has 0 aromatic carbocycles. The number of aromatic nitrogens is 1. The standard InChI is InChI=1S/C11H14F3N3O2/c1-19-10-3-2-8(5-16-10)4-15-6-9(18)17-7-11(12,13)14/h2-3,5,15H,4,6-7H2,1H3,(H,17,18). The summed E-state index contributed by atoms with van der Waals surface area (Å²) in [6.07, 6.45) is -2.84. The number of carbonyl (C=O) groups is 1. The molecule has 0 atom stereocenters. The summed E-state index contributed by atoms with van der Waals surface area (Å²) >= 11 is 0. The zero-order chi connectivity index (χ0) is 14.3. The Balaban J connectivity index is 2.24. The first-order chi connectivity index (χ1) is 8.90. The highest BCUT2D eigenvalue weighted by Gasteiger charge is 2.27. The van der Waals surface area contributed by atoms with Gasteiger partial charge >= 0.3 is 6.18 Å². The van der Waals surface area contributed by atoms with E-state index >= 15 is 0 Å². The minimum Gasteiger partial charge on any atom is -0.481 e. The molecule has 5 nitrogen and oxygen atoms in total. The van der Waals surface area contributed by atoms with Crippen molar-refractivity contribution in [1.82, 2.24) is 15.6 Å². The molecule has 8 heteroatoms. The van der Waals surface area contributed by atoms with Crippen LogP contribution < -0.4 is 15.4 Å². The van der Waals surface area contributed by atoms with E-state index in [4.69, 9.17) is 4.74 Å². The Bertz CT molecular complexity index is 407. The molecule has 2 N–H and O–H groups in total. The summed E-state index contributed by atoms with van der Waals surface area (Å²) in [6, 6.07) is 3.40. The van der Waals surface area contributed by atoms with Crippen molar-refractivity contribution in [2.24, 2.45) is 0 Å². The fourth-order valence-corrected chi connectivity index (χ4v) is 1.22. The van der Waals surface area contributed by atoms with Crippen LogP contribution in [0.15, 0.2) is 18.3 Å². The van der Waals surface area contributed by atoms with Gasteiger partial charge in [0.05, 0.1) is 13.7 Å². The van der Waals surface area contributed by atoms with E-state index in [0.717, 1.165) is 5.56 Å². The van der Waals surface area contributed by atoms with Crippen molar-refractivity contribution in [3.8, 4) is 5.88 Å². The van der Waals surface area contributed by atoms with Crippen LogP contribution in [0.3, 0.4) is 0 Å². The number of methoxy groups -OCH3 is 1. The number of carbonyl (C=O) groups excluding carboxylic acids is 1. The van der Waals surface area contributed by atoms with Gasteiger partial charge in [0.2, 0.25) is 11.8 Å². The lowest BCUT2D eigenvalue weighted by Gasteiger charge is -2.09. The van der Waals surface area contributed by atoms with E-state index in [1.54, 1.807) is 23.6 Å². The van der Waals surface area contributed by atoms with Crippen LogP contribution in [0.4, 0.5) is 13.2 Å². The first kappa shape index (κ1) is 15.2. The number of hydrogen-bond acceptors (Lipinski definition) is 4. The van der Waals surface area contributed by atoms with Gasteiger partial charge in [0.15, 0.2) is 0 Å². The van der Waals surface area contributed by atoms with Crippen molar-refractivity contribution in [2.45, 2.75) is 12.7 Å². The van der Waals surface area contributed by atoms with Crippen LogP contribution in [-0.4, -0.2) is 37.3 Å². The van der Waals surface area contributed by atoms with Crippen LogP contribution in [0.5, 0.6) is 5.88 Å². The van der Waals surface area contributed by atoms with Crippen molar-refractivity contribution in [3.63, 3.8) is 0 Å². The smallest absolute Gasteiger partial charge is 0.405 e. The normalized spacial score (nSPS) is 11.2. The third-order valence-corrected chi connectivity index (χ3v) is 2.11. The summed E-state index contributed by atoms with van der Waals surface area (Å²) < 4.78 is 40.3. The maximum absolute atomic E-state index is 11.8. The maximum atomic E-state index is 11.8. The molecule has 0 unspecified atom stereocenters. The van der Waals surface area contributed by atoms with Gasteiger partial charge < -0.3 is 15.4 Å². The molecule has 0 aliphatic rings. The average Bonchev–Trinajstić information content (AvgIpc) is 2.36. The zero-order valence-corrected chi connectivity index (χ0v) is 10.3. The second-order valence-corrected chi connectivity index (χ2v) is 3.70. The lowest BCUT2D eigenvalue weighted by atomic mass is 10.3. The molecule has 0 saturated carbocycles. The molecule has 19 heavy (non-hydrogen) atoms. The number of nitrogens with one attached hydrogen (secondary N) is 2. The van der Waals surface area contributed by atoms with Crippen molar-refractivity contribution >= 4 is 5.91 Å². The maximum Gasteiger partial charge on any atom is 0.405 e. The summed E-state index contributed by atoms with van der Waals surface area (Å²) in [5.41, 5.74) is 0.796. The molecule has 106 valence electrons. The molecule has 0 bridgehead atoms. The lowest BCUT2D eigenvalue weighted by Crippen LogP contribution is -2.39. The van der Waals surface area contributed by atoms with Crippen molar-refractivity contribution in [3.05, 3.63) is 23.9 Å². The largest absolute Gasteiger partial charge is 0.481 e. The molecule has 0 fully saturated rings. The Morgan fingerprint density at radius 1 is 1.42 bits per heavy atom. The number of nitrogens with zero attached hydrogens (tertiary/aromatic N) is 1. The van der Waals surface area contributed by atoms with Crippen LogP contribution in [0, 0.1) is 0 Å². The number of amides is 1. The van der Waals surface area contributed by atoms with E-state index in [0.29, 0.717) is 12.4 Å². The van der Waals surface area contributed by atoms with Gasteiger partial charge in [-0.3, -0.25) is 4.79 Å². The minimum atomic E-state index is -4.39. The van der Waals surface area contributed by atoms with E-state index < -0.39 is 18.6 Å². The summed E-state index contributed by atoms with van der Waals surface area (Å²) in [5.74, 6) is -0.245. The van der Waals surface area contributed by atoms with Gasteiger partial charge in [-0.2, -0.15) is 13.2 Å². The van der Waals surface area contributed by atoms with E-state index in [2.05, 4.69) is 10.3 Å². The SMILES string of the molecule is COc1ccc(CNCC(=O)NCC(F)(F)F)cn1. The number of rotatable bonds is 6. The Morgan fingerprint density at radius 3 is 2.68 bits per heavy atom. The summed E-state index contributed by atoms with van der Waals surface area (Å²) in [7, 11) is 1.49. The van der Waals surface area contributed by atoms with Gasteiger partial charge in [0.25, 0.3) is 0 Å². The van der Waals surface area contributed by atoms with Crippen molar-refractivity contribution in [1.29, 1.82) is 0 Å². The van der Waals surface area contributed by atoms with Crippen LogP contribution in [-0.2, 0) is 11.3 Å². The Morgan fingerprint density at radius 2 is 2.16 bits per heavy atom. The fraction of sp³-hybridized carbons (Fsp3) is 0.455. The third-order valence-electron chi connectivity index (χ3n) is 2.11. The molecule has 1 amide bonds. The van der Waals surface area contributed by atoms with Gasteiger partial charge in [0, 0.05) is 18.8 Å². The molecule has 0 aliphatic heterocycles. The predicted molar refractivity (Wildman–Crippen MR) is 61.6 cm³/mol. The number of ether oxygens (including phenoxy) is 1. The van der Waals surface area contributed by atoms with Gasteiger partial charge in [0.1, 0.15) is 6.54 Å². The van der Waals surface area contributed by atoms with Gasteiger partial charge in [-0.1, -0.05) is 6.07 Å². The lowest BCUT2D eigenvalue weighted by molar-refractivity contribution is -0.137. The Kier molecular flexibility index (Phi) is 5.56. The monoisotopic (exact) mass is 277 g/mol. The second-order valence-electron chi connectivity index (χ2n) is 3.70. The summed E-state index contributed by atoms with van der Waals surface area (Å²) in [4.78, 5) is 15.0. The molecule has 0 saturated heterocycles. The molecule has 1 aromatic heterocycles. The quantitative estimate of drug-likeness (QED) is 0.809. The van der Waals surface area contributed by atoms with E-state index in [1.165, 1.54) is 7.11 Å². The molecular formula is C11H14F3N3O2. The number of halogens is 3. The predicted octanol–water partition coefficient (Wildman–Crippen LogP) is 0.858. The van der Waals surface area contributed by atoms with E-state index in [-0.39, 0.29) is 6.54 Å². The first-order valence-electron chi connectivity index (χ1n) is 5.44. The summed E-state index contributed by atoms with van der Waals surface area (Å²) in [6.45, 7) is -1.18. The highest BCUT2D eigenvalue weighted by atomic mass is 19.4. The Hall–Kier alpha value is -1.83. The fourth-order valence-electron chi connectivity index (χ4n) is 1.22. The van der Waals surface area contributed by atoms with Gasteiger partial charge in [-0.15, -0.1) is 0 Å². The number of pyridine rings is 1. The van der Waals surface area contributed by atoms with Crippen LogP contribution in [0.1, 0.15) is 5.56 Å². The highest BCUT2D eigenvalue weighted by molar-refractivity contribution is 5.77. The van der Waals surface area contributed by atoms with E-state index in [1.807, 2.05) is 0 Å². The van der Waals surface area contributed by atoms with Crippen molar-refractivity contribution < 1.29 is 22.7 Å². The molecular weight excluding hydrogens is 263 g/mol. The number of alkyl halides is 3. The molecule has 1 aromatic rings. The van der Waals surface area contributed by atoms with Crippen molar-refractivity contribution in [2.75, 3.05) is 20.2 Å². The first-order valence-corrected chi connectivity index (χ1v) is 5.44. The molecule has 0 radical (unpaired) electrons. The molecule has 0 aliphatic carbocycles. The van der Waals surface area contributed by atoms with E-state index in [9.17, 15) is 18.0 Å². The third kappa shape index (κ3) is 6.61. The molecule has 1 heterocycles. The zero-order valence-electron chi connectivity index (χ0n) is 10.3. The number of hydrogen-bond donors (Lipinski definition) is 2. The van der Waals surface area contributed by atoms with Crippen LogP contribution in [0.25, 0.3) is 0 Å². The van der Waals surface area contributed by atoms with Crippen LogP contribution in [0.2, 0.25) is 0 Å².